The lowest BCUT2D eigenvalue weighted by atomic mass is 9.77. The van der Waals surface area contributed by atoms with Crippen LogP contribution in [0.4, 0.5) is 4.79 Å². The van der Waals surface area contributed by atoms with E-state index >= 15 is 0 Å². The Labute approximate surface area is 96.8 Å². The number of nitrogens with zero attached hydrogens (tertiary/aromatic N) is 2. The largest absolute Gasteiger partial charge is 0.480 e. The minimum atomic E-state index is -1.09. The number of hydrogen-bond acceptors (Lipinski definition) is 4. The Kier molecular flexibility index (Phi) is 2.94. The van der Waals surface area contributed by atoms with E-state index in [0.29, 0.717) is 18.7 Å². The summed E-state index contributed by atoms with van der Waals surface area (Å²) in [4.78, 5) is 26.3. The van der Waals surface area contributed by atoms with Crippen LogP contribution in [0.1, 0.15) is 25.1 Å². The molecule has 2 amide bonds. The van der Waals surface area contributed by atoms with Crippen LogP contribution in [0.3, 0.4) is 0 Å². The molecule has 8 nitrogen and oxygen atoms in total. The molecule has 4 N–H and O–H groups in total. The lowest BCUT2D eigenvalue weighted by molar-refractivity contribution is -0.148. The SMILES string of the molecule is O=C(NCc1ncn[nH]1)NC1(C(=O)O)CCC1. The number of H-pyrrole nitrogens is 1. The number of aromatic nitrogens is 3. The summed E-state index contributed by atoms with van der Waals surface area (Å²) >= 11 is 0. The van der Waals surface area contributed by atoms with Crippen LogP contribution >= 0.6 is 0 Å². The second kappa shape index (κ2) is 4.40. The predicted octanol–water partition coefficient (Wildman–Crippen LogP) is -0.389. The van der Waals surface area contributed by atoms with E-state index in [0.717, 1.165) is 6.42 Å². The van der Waals surface area contributed by atoms with E-state index in [2.05, 4.69) is 25.8 Å². The molecule has 0 atom stereocenters. The van der Waals surface area contributed by atoms with Gasteiger partial charge in [-0.1, -0.05) is 0 Å². The van der Waals surface area contributed by atoms with Crippen LogP contribution in [0.25, 0.3) is 0 Å². The van der Waals surface area contributed by atoms with Crippen molar-refractivity contribution in [2.45, 2.75) is 31.3 Å². The highest BCUT2D eigenvalue weighted by Crippen LogP contribution is 2.31. The number of rotatable bonds is 4. The van der Waals surface area contributed by atoms with Gasteiger partial charge in [0.2, 0.25) is 0 Å². The molecule has 1 aliphatic rings. The van der Waals surface area contributed by atoms with Gasteiger partial charge in [0.25, 0.3) is 0 Å². The molecule has 92 valence electrons. The molecule has 0 aliphatic heterocycles. The summed E-state index contributed by atoms with van der Waals surface area (Å²) < 4.78 is 0. The average molecular weight is 239 g/mol. The molecule has 1 aromatic heterocycles. The molecule has 1 heterocycles. The topological polar surface area (TPSA) is 120 Å². The van der Waals surface area contributed by atoms with Crippen LogP contribution in [0.5, 0.6) is 0 Å². The summed E-state index contributed by atoms with van der Waals surface area (Å²) in [5, 5.41) is 20.2. The van der Waals surface area contributed by atoms with Gasteiger partial charge in [-0.3, -0.25) is 5.10 Å². The molecule has 0 spiro atoms. The zero-order valence-corrected chi connectivity index (χ0v) is 9.06. The van der Waals surface area contributed by atoms with Crippen LogP contribution in [0.2, 0.25) is 0 Å². The van der Waals surface area contributed by atoms with E-state index in [4.69, 9.17) is 5.11 Å². The van der Waals surface area contributed by atoms with Crippen LogP contribution < -0.4 is 10.6 Å². The smallest absolute Gasteiger partial charge is 0.329 e. The Hall–Kier alpha value is -2.12. The van der Waals surface area contributed by atoms with Crippen LogP contribution in [0.15, 0.2) is 6.33 Å². The third-order valence-electron chi connectivity index (χ3n) is 2.85. The highest BCUT2D eigenvalue weighted by Gasteiger charge is 2.45. The standard InChI is InChI=1S/C9H13N5O3/c15-7(16)9(2-1-3-9)13-8(17)10-4-6-11-5-12-14-6/h5H,1-4H2,(H,15,16)(H2,10,13,17)(H,11,12,14). The molecule has 2 rings (SSSR count). The molecule has 17 heavy (non-hydrogen) atoms. The number of carbonyl (C=O) groups is 2. The number of aromatic amines is 1. The molecule has 1 fully saturated rings. The number of hydrogen-bond donors (Lipinski definition) is 4. The molecule has 0 bridgehead atoms. The maximum Gasteiger partial charge on any atom is 0.329 e. The first-order valence-corrected chi connectivity index (χ1v) is 5.26. The van der Waals surface area contributed by atoms with Crippen molar-refractivity contribution in [1.29, 1.82) is 0 Å². The first-order valence-electron chi connectivity index (χ1n) is 5.26. The van der Waals surface area contributed by atoms with Gasteiger partial charge in [0.15, 0.2) is 0 Å². The first-order chi connectivity index (χ1) is 8.12. The summed E-state index contributed by atoms with van der Waals surface area (Å²) in [6.45, 7) is 0.182. The van der Waals surface area contributed by atoms with E-state index in [9.17, 15) is 9.59 Å². The van der Waals surface area contributed by atoms with Crippen molar-refractivity contribution in [3.63, 3.8) is 0 Å². The van der Waals surface area contributed by atoms with E-state index < -0.39 is 17.5 Å². The van der Waals surface area contributed by atoms with Crippen LogP contribution in [-0.2, 0) is 11.3 Å². The van der Waals surface area contributed by atoms with Crippen molar-refractivity contribution in [1.82, 2.24) is 25.8 Å². The summed E-state index contributed by atoms with van der Waals surface area (Å²) in [6.07, 6.45) is 3.09. The quantitative estimate of drug-likeness (QED) is 0.570. The van der Waals surface area contributed by atoms with Gasteiger partial charge in [-0.05, 0) is 19.3 Å². The number of carboxylic acid groups (broad SMARTS) is 1. The van der Waals surface area contributed by atoms with E-state index in [1.807, 2.05) is 0 Å². The Morgan fingerprint density at radius 2 is 2.29 bits per heavy atom. The lowest BCUT2D eigenvalue weighted by Crippen LogP contribution is -2.61. The van der Waals surface area contributed by atoms with E-state index in [1.54, 1.807) is 0 Å². The Balaban J connectivity index is 1.83. The number of nitrogens with one attached hydrogen (secondary N) is 3. The van der Waals surface area contributed by atoms with Gasteiger partial charge in [-0.25, -0.2) is 14.6 Å². The van der Waals surface area contributed by atoms with Gasteiger partial charge in [0.05, 0.1) is 6.54 Å². The fourth-order valence-electron chi connectivity index (χ4n) is 1.66. The Morgan fingerprint density at radius 3 is 2.76 bits per heavy atom. The van der Waals surface area contributed by atoms with Crippen LogP contribution in [-0.4, -0.2) is 37.8 Å². The number of carbonyl (C=O) groups excluding carboxylic acids is 1. The van der Waals surface area contributed by atoms with Gasteiger partial charge in [-0.2, -0.15) is 5.10 Å². The van der Waals surface area contributed by atoms with Gasteiger partial charge in [0, 0.05) is 0 Å². The zero-order valence-electron chi connectivity index (χ0n) is 9.06. The molecule has 0 saturated heterocycles. The van der Waals surface area contributed by atoms with E-state index in [1.165, 1.54) is 6.33 Å². The Morgan fingerprint density at radius 1 is 1.53 bits per heavy atom. The minimum Gasteiger partial charge on any atom is -0.480 e. The third-order valence-corrected chi connectivity index (χ3v) is 2.85. The fraction of sp³-hybridized carbons (Fsp3) is 0.556. The van der Waals surface area contributed by atoms with Crippen LogP contribution in [0, 0.1) is 0 Å². The third kappa shape index (κ3) is 2.35. The van der Waals surface area contributed by atoms with Crippen molar-refractivity contribution in [2.24, 2.45) is 0 Å². The normalized spacial score (nSPS) is 16.9. The molecule has 0 radical (unpaired) electrons. The number of aliphatic carboxylic acids is 1. The fourth-order valence-corrected chi connectivity index (χ4v) is 1.66. The van der Waals surface area contributed by atoms with Crippen molar-refractivity contribution >= 4 is 12.0 Å². The van der Waals surface area contributed by atoms with E-state index in [-0.39, 0.29) is 6.54 Å². The zero-order chi connectivity index (χ0) is 12.3. The lowest BCUT2D eigenvalue weighted by Gasteiger charge is -2.38. The molecule has 8 heteroatoms. The molecule has 1 aliphatic carbocycles. The molecule has 0 unspecified atom stereocenters. The van der Waals surface area contributed by atoms with Crippen molar-refractivity contribution < 1.29 is 14.7 Å². The van der Waals surface area contributed by atoms with Gasteiger partial charge >= 0.3 is 12.0 Å². The van der Waals surface area contributed by atoms with Gasteiger partial charge < -0.3 is 15.7 Å². The predicted molar refractivity (Wildman–Crippen MR) is 56.0 cm³/mol. The molecular weight excluding hydrogens is 226 g/mol. The highest BCUT2D eigenvalue weighted by molar-refractivity contribution is 5.87. The minimum absolute atomic E-state index is 0.182. The van der Waals surface area contributed by atoms with Gasteiger partial charge in [-0.15, -0.1) is 0 Å². The maximum atomic E-state index is 11.5. The summed E-state index contributed by atoms with van der Waals surface area (Å²) in [5.74, 6) is -0.475. The summed E-state index contributed by atoms with van der Waals surface area (Å²) in [5.41, 5.74) is -1.09. The maximum absolute atomic E-state index is 11.5. The number of urea groups is 1. The number of amides is 2. The molecule has 0 aromatic carbocycles. The molecule has 1 aromatic rings. The van der Waals surface area contributed by atoms with Crippen molar-refractivity contribution in [3.05, 3.63) is 12.2 Å². The highest BCUT2D eigenvalue weighted by atomic mass is 16.4. The Bertz CT molecular complexity index is 412. The number of carboxylic acids is 1. The van der Waals surface area contributed by atoms with Crippen molar-refractivity contribution in [3.8, 4) is 0 Å². The van der Waals surface area contributed by atoms with Gasteiger partial charge in [0.1, 0.15) is 17.7 Å². The summed E-state index contributed by atoms with van der Waals surface area (Å²) in [6, 6.07) is -0.511. The average Bonchev–Trinajstić information content (AvgIpc) is 2.72. The first kappa shape index (κ1) is 11.4. The second-order valence-corrected chi connectivity index (χ2v) is 3.98. The molecule has 1 saturated carbocycles. The molecular formula is C9H13N5O3. The monoisotopic (exact) mass is 239 g/mol. The summed E-state index contributed by atoms with van der Waals surface area (Å²) in [7, 11) is 0. The second-order valence-electron chi connectivity index (χ2n) is 3.98. The van der Waals surface area contributed by atoms with Crippen molar-refractivity contribution in [2.75, 3.05) is 0 Å².